The van der Waals surface area contributed by atoms with Gasteiger partial charge in [-0.3, -0.25) is 6.08 Å². The quantitative estimate of drug-likeness (QED) is 0.234. The fourth-order valence-corrected chi connectivity index (χ4v) is 4.31. The normalized spacial score (nSPS) is 16.1. The Kier molecular flexibility index (Phi) is 11.3. The molecule has 2 radical (unpaired) electrons. The summed E-state index contributed by atoms with van der Waals surface area (Å²) >= 11 is 1.36. The molecule has 0 saturated carbocycles. The van der Waals surface area contributed by atoms with Crippen molar-refractivity contribution < 1.29 is 23.3 Å². The molecule has 0 saturated heterocycles. The van der Waals surface area contributed by atoms with E-state index < -0.39 is 0 Å². The van der Waals surface area contributed by atoms with Crippen LogP contribution in [-0.4, -0.2) is 6.88 Å². The smallest absolute Gasteiger partial charge is 0.0289 e. The van der Waals surface area contributed by atoms with Crippen LogP contribution in [0.1, 0.15) is 45.2 Å². The standard InChI is InChI=1S/C18H15.C9H13.2CH3.Si.Zr/c1-2-5-13(6-3-1)17-10-9-16-11-14-7-4-8-15(14)12-18(16)17;1-6-5-7(2)9(4)8(6)3;;;;/h1-3,5-6,9-12H,4,7-8H2;6H,1-4H3;2*1H3;;/q4*-1;;. The molecular weight excluding hydrogens is 468 g/mol. The van der Waals surface area contributed by atoms with Gasteiger partial charge in [-0.1, -0.05) is 73.7 Å². The average molecular weight is 502 g/mol. The minimum Gasteiger partial charge on any atom is -0.149 e. The summed E-state index contributed by atoms with van der Waals surface area (Å²) < 4.78 is 0. The molecule has 0 aliphatic heterocycles. The fourth-order valence-electron chi connectivity index (χ4n) is 4.31. The molecule has 1 unspecified atom stereocenters. The molecule has 3 aromatic carbocycles. The van der Waals surface area contributed by atoms with Crippen LogP contribution in [0.5, 0.6) is 0 Å². The first-order valence-corrected chi connectivity index (χ1v) is 14.5. The number of hydrogen-bond donors (Lipinski definition) is 0. The Balaban J connectivity index is 0.000000319. The molecule has 2 aliphatic rings. The zero-order valence-corrected chi connectivity index (χ0v) is 23.4. The van der Waals surface area contributed by atoms with E-state index >= 15 is 0 Å². The van der Waals surface area contributed by atoms with E-state index in [2.05, 4.69) is 95.2 Å². The summed E-state index contributed by atoms with van der Waals surface area (Å²) in [5.41, 5.74) is 10.1. The number of benzene rings is 2. The van der Waals surface area contributed by atoms with E-state index in [0.717, 1.165) is 0 Å². The summed E-state index contributed by atoms with van der Waals surface area (Å²) in [6, 6.07) is 20.0. The molecule has 0 N–H and O–H groups in total. The number of fused-ring (bicyclic) bond motifs is 2. The molecule has 0 amide bonds. The Morgan fingerprint density at radius 2 is 1.58 bits per heavy atom. The predicted molar refractivity (Wildman–Crippen MR) is 136 cm³/mol. The molecule has 0 aromatic heterocycles. The Morgan fingerprint density at radius 1 is 0.968 bits per heavy atom. The first-order chi connectivity index (χ1) is 14.0. The third kappa shape index (κ3) is 6.11. The summed E-state index contributed by atoms with van der Waals surface area (Å²) in [6.45, 7) is 11.7. The monoisotopic (exact) mass is 500 g/mol. The van der Waals surface area contributed by atoms with Gasteiger partial charge in [0.2, 0.25) is 0 Å². The SMILES string of the molecule is CC1=[C-]C(C)C(C)=C1C.[CH3-].[CH3-].[Si]=[Zr].c1ccc(-c2c[cH-]c3cc4c(cc23)CCC4)cc1. The van der Waals surface area contributed by atoms with Crippen molar-refractivity contribution >= 4 is 17.7 Å². The van der Waals surface area contributed by atoms with Crippen molar-refractivity contribution in [3.63, 3.8) is 0 Å². The summed E-state index contributed by atoms with van der Waals surface area (Å²) in [6.07, 6.45) is 7.20. The van der Waals surface area contributed by atoms with Crippen LogP contribution in [0.2, 0.25) is 0 Å². The third-order valence-corrected chi connectivity index (χ3v) is 6.31. The second-order valence-corrected chi connectivity index (χ2v) is 7.97. The predicted octanol–water partition coefficient (Wildman–Crippen LogP) is 7.95. The zero-order chi connectivity index (χ0) is 21.0. The van der Waals surface area contributed by atoms with Gasteiger partial charge in [0.05, 0.1) is 0 Å². The van der Waals surface area contributed by atoms with Gasteiger partial charge in [0.1, 0.15) is 0 Å². The molecule has 0 spiro atoms. The zero-order valence-electron chi connectivity index (χ0n) is 19.9. The van der Waals surface area contributed by atoms with Crippen LogP contribution in [0.15, 0.2) is 71.3 Å². The first kappa shape index (κ1) is 27.7. The molecule has 5 rings (SSSR count). The summed E-state index contributed by atoms with van der Waals surface area (Å²) in [5, 5.41) is 2.82. The largest absolute Gasteiger partial charge is 0.149 e. The summed E-state index contributed by atoms with van der Waals surface area (Å²) in [7, 11) is 0. The van der Waals surface area contributed by atoms with Gasteiger partial charge in [-0.2, -0.15) is 11.1 Å². The fraction of sp³-hybridized carbons (Fsp3) is 0.276. The number of aryl methyl sites for hydroxylation is 2. The van der Waals surface area contributed by atoms with E-state index in [4.69, 9.17) is 0 Å². The Morgan fingerprint density at radius 3 is 2.10 bits per heavy atom. The first-order valence-electron chi connectivity index (χ1n) is 10.3. The van der Waals surface area contributed by atoms with Crippen LogP contribution in [0.3, 0.4) is 0 Å². The van der Waals surface area contributed by atoms with Crippen molar-refractivity contribution in [2.24, 2.45) is 5.92 Å². The van der Waals surface area contributed by atoms with E-state index in [1.54, 1.807) is 11.1 Å². The van der Waals surface area contributed by atoms with E-state index in [1.807, 2.05) is 0 Å². The van der Waals surface area contributed by atoms with Crippen molar-refractivity contribution in [1.29, 1.82) is 0 Å². The van der Waals surface area contributed by atoms with Crippen molar-refractivity contribution in [2.75, 3.05) is 0 Å². The third-order valence-electron chi connectivity index (χ3n) is 6.31. The van der Waals surface area contributed by atoms with Crippen molar-refractivity contribution in [3.05, 3.63) is 103 Å². The van der Waals surface area contributed by atoms with Crippen LogP contribution < -0.4 is 0 Å². The summed E-state index contributed by atoms with van der Waals surface area (Å²) in [5.74, 6) is 0.560. The summed E-state index contributed by atoms with van der Waals surface area (Å²) in [4.78, 5) is 0. The van der Waals surface area contributed by atoms with Crippen molar-refractivity contribution in [3.8, 4) is 11.1 Å². The average Bonchev–Trinajstić information content (AvgIpc) is 3.44. The minimum atomic E-state index is 0. The van der Waals surface area contributed by atoms with Gasteiger partial charge in [0, 0.05) is 0 Å². The van der Waals surface area contributed by atoms with Gasteiger partial charge in [-0.25, -0.2) is 5.57 Å². The number of hydrogen-bond acceptors (Lipinski definition) is 0. The molecule has 2 aliphatic carbocycles. The molecule has 1 atom stereocenters. The number of rotatable bonds is 1. The molecule has 0 nitrogen and oxygen atoms in total. The Hall–Kier alpha value is -1.37. The molecule has 0 heterocycles. The van der Waals surface area contributed by atoms with Crippen molar-refractivity contribution in [1.82, 2.24) is 0 Å². The Labute approximate surface area is 207 Å². The van der Waals surface area contributed by atoms with E-state index in [-0.39, 0.29) is 14.9 Å². The van der Waals surface area contributed by atoms with Gasteiger partial charge >= 0.3 is 30.2 Å². The Bertz CT molecular complexity index is 1050. The molecule has 162 valence electrons. The molecule has 2 heteroatoms. The van der Waals surface area contributed by atoms with Crippen LogP contribution in [0.4, 0.5) is 0 Å². The molecular formula is C29H34SiZr-4. The van der Waals surface area contributed by atoms with E-state index in [0.29, 0.717) is 5.92 Å². The van der Waals surface area contributed by atoms with Crippen molar-refractivity contribution in [2.45, 2.75) is 47.0 Å². The maximum absolute atomic E-state index is 3.36. The molecule has 31 heavy (non-hydrogen) atoms. The van der Waals surface area contributed by atoms with Crippen LogP contribution in [-0.2, 0) is 36.2 Å². The second kappa shape index (κ2) is 12.6. The molecule has 0 bridgehead atoms. The van der Waals surface area contributed by atoms with E-state index in [1.165, 1.54) is 81.2 Å². The van der Waals surface area contributed by atoms with Gasteiger partial charge in [0.15, 0.2) is 0 Å². The molecule has 3 aromatic rings. The van der Waals surface area contributed by atoms with Gasteiger partial charge in [-0.15, -0.1) is 47.5 Å². The van der Waals surface area contributed by atoms with Crippen LogP contribution in [0.25, 0.3) is 21.9 Å². The topological polar surface area (TPSA) is 0 Å². The van der Waals surface area contributed by atoms with Gasteiger partial charge in [0.25, 0.3) is 0 Å². The number of allylic oxidation sites excluding steroid dienone is 4. The second-order valence-electron chi connectivity index (χ2n) is 7.97. The van der Waals surface area contributed by atoms with Gasteiger partial charge in [-0.05, 0) is 19.3 Å². The van der Waals surface area contributed by atoms with E-state index in [9.17, 15) is 0 Å². The van der Waals surface area contributed by atoms with Crippen LogP contribution in [0, 0.1) is 26.8 Å². The van der Waals surface area contributed by atoms with Gasteiger partial charge < -0.3 is 14.9 Å². The van der Waals surface area contributed by atoms with Crippen LogP contribution >= 0.6 is 0 Å². The maximum atomic E-state index is 3.36. The molecule has 0 fully saturated rings. The maximum Gasteiger partial charge on any atom is -0.0289 e. The minimum absolute atomic E-state index is 0.